The highest BCUT2D eigenvalue weighted by atomic mass is 32.2. The molecular weight excluding hydrogens is 300 g/mol. The first-order valence-electron chi connectivity index (χ1n) is 7.52. The monoisotopic (exact) mass is 320 g/mol. The number of carbonyl (C=O) groups excluding carboxylic acids is 1. The number of piperazine rings is 1. The zero-order chi connectivity index (χ0) is 15.7. The summed E-state index contributed by atoms with van der Waals surface area (Å²) in [5.74, 6) is 0.00265. The Morgan fingerprint density at radius 3 is 2.41 bits per heavy atom. The first kappa shape index (κ1) is 15.2. The van der Waals surface area contributed by atoms with E-state index < -0.39 is 10.0 Å². The molecule has 0 atom stereocenters. The van der Waals surface area contributed by atoms with E-state index in [9.17, 15) is 13.2 Å². The van der Waals surface area contributed by atoms with Crippen LogP contribution in [-0.4, -0.2) is 49.7 Å². The molecule has 0 spiro atoms. The van der Waals surface area contributed by atoms with E-state index in [1.165, 1.54) is 16.8 Å². The maximum Gasteiger partial charge on any atom is 0.239 e. The second-order valence-corrected chi connectivity index (χ2v) is 7.71. The lowest BCUT2D eigenvalue weighted by Gasteiger charge is -2.34. The molecule has 6 heteroatoms. The Labute approximate surface area is 131 Å². The van der Waals surface area contributed by atoms with Gasteiger partial charge >= 0.3 is 0 Å². The van der Waals surface area contributed by atoms with Crippen molar-refractivity contribution in [2.75, 3.05) is 26.2 Å². The van der Waals surface area contributed by atoms with Gasteiger partial charge in [0.15, 0.2) is 0 Å². The molecular formula is C16H20N2O3S. The van der Waals surface area contributed by atoms with Crippen LogP contribution in [0.4, 0.5) is 0 Å². The van der Waals surface area contributed by atoms with E-state index in [0.29, 0.717) is 37.5 Å². The minimum absolute atomic E-state index is 0.00265. The molecule has 3 rings (SSSR count). The van der Waals surface area contributed by atoms with Crippen molar-refractivity contribution in [1.82, 2.24) is 9.21 Å². The maximum atomic E-state index is 12.8. The Morgan fingerprint density at radius 2 is 1.73 bits per heavy atom. The normalized spacial score (nSPS) is 19.5. The first-order valence-corrected chi connectivity index (χ1v) is 8.96. The molecule has 2 aliphatic rings. The third-order valence-electron chi connectivity index (χ3n) is 4.37. The number of nitrogens with zero attached hydrogens (tertiary/aromatic N) is 2. The molecule has 118 valence electrons. The Morgan fingerprint density at radius 1 is 1.05 bits per heavy atom. The van der Waals surface area contributed by atoms with Crippen LogP contribution < -0.4 is 0 Å². The minimum atomic E-state index is -3.42. The van der Waals surface area contributed by atoms with Crippen molar-refractivity contribution in [3.05, 3.63) is 40.3 Å². The van der Waals surface area contributed by atoms with Gasteiger partial charge in [0.25, 0.3) is 0 Å². The molecule has 5 nitrogen and oxygen atoms in total. The van der Waals surface area contributed by atoms with Crippen LogP contribution in [0.1, 0.15) is 24.5 Å². The van der Waals surface area contributed by atoms with Crippen LogP contribution >= 0.6 is 0 Å². The van der Waals surface area contributed by atoms with Gasteiger partial charge in [-0.25, -0.2) is 8.42 Å². The van der Waals surface area contributed by atoms with Crippen LogP contribution in [0.25, 0.3) is 6.08 Å². The summed E-state index contributed by atoms with van der Waals surface area (Å²) in [6.45, 7) is 3.21. The number of rotatable bonds is 2. The molecule has 1 aliphatic heterocycles. The zero-order valence-corrected chi connectivity index (χ0v) is 13.5. The molecule has 0 unspecified atom stereocenters. The minimum Gasteiger partial charge on any atom is -0.340 e. The number of fused-ring (bicyclic) bond motifs is 1. The van der Waals surface area contributed by atoms with Gasteiger partial charge in [-0.15, -0.1) is 0 Å². The molecule has 1 fully saturated rings. The predicted molar refractivity (Wildman–Crippen MR) is 85.5 cm³/mol. The standard InChI is InChI=1S/C16H20N2O3S/c1-13(19)17-8-10-18(11-9-17)22(20,21)16-7-6-14-4-2-3-5-15(14)12-16/h2-5,12H,6-11H2,1H3. The summed E-state index contributed by atoms with van der Waals surface area (Å²) < 4.78 is 27.1. The number of amides is 1. The predicted octanol–water partition coefficient (Wildman–Crippen LogP) is 1.47. The summed E-state index contributed by atoms with van der Waals surface area (Å²) in [5, 5.41) is 0. The zero-order valence-electron chi connectivity index (χ0n) is 12.7. The molecule has 0 radical (unpaired) electrons. The van der Waals surface area contributed by atoms with Crippen LogP contribution in [-0.2, 0) is 21.2 Å². The number of aryl methyl sites for hydroxylation is 1. The van der Waals surface area contributed by atoms with Gasteiger partial charge in [-0.1, -0.05) is 24.3 Å². The molecule has 1 aliphatic carbocycles. The topological polar surface area (TPSA) is 57.7 Å². The van der Waals surface area contributed by atoms with Gasteiger partial charge in [-0.05, 0) is 30.0 Å². The number of hydrogen-bond donors (Lipinski definition) is 0. The van der Waals surface area contributed by atoms with Gasteiger partial charge in [-0.3, -0.25) is 4.79 Å². The largest absolute Gasteiger partial charge is 0.340 e. The van der Waals surface area contributed by atoms with Crippen molar-refractivity contribution in [1.29, 1.82) is 0 Å². The van der Waals surface area contributed by atoms with Crippen molar-refractivity contribution >= 4 is 22.0 Å². The van der Waals surface area contributed by atoms with E-state index in [4.69, 9.17) is 0 Å². The second-order valence-electron chi connectivity index (χ2n) is 5.72. The first-order chi connectivity index (χ1) is 10.5. The van der Waals surface area contributed by atoms with Crippen molar-refractivity contribution < 1.29 is 13.2 Å². The third kappa shape index (κ3) is 2.80. The average molecular weight is 320 g/mol. The lowest BCUT2D eigenvalue weighted by atomic mass is 9.98. The van der Waals surface area contributed by atoms with Crippen molar-refractivity contribution in [2.45, 2.75) is 19.8 Å². The van der Waals surface area contributed by atoms with E-state index in [1.54, 1.807) is 11.0 Å². The van der Waals surface area contributed by atoms with Crippen molar-refractivity contribution in [3.8, 4) is 0 Å². The molecule has 1 aromatic rings. The van der Waals surface area contributed by atoms with E-state index in [0.717, 1.165) is 12.0 Å². The highest BCUT2D eigenvalue weighted by molar-refractivity contribution is 7.93. The van der Waals surface area contributed by atoms with Crippen LogP contribution in [0.5, 0.6) is 0 Å². The third-order valence-corrected chi connectivity index (χ3v) is 6.40. The number of allylic oxidation sites excluding steroid dienone is 1. The SMILES string of the molecule is CC(=O)N1CCN(S(=O)(=O)C2=Cc3ccccc3CC2)CC1. The Bertz CT molecular complexity index is 717. The van der Waals surface area contributed by atoms with E-state index in [2.05, 4.69) is 0 Å². The van der Waals surface area contributed by atoms with E-state index >= 15 is 0 Å². The molecule has 0 bridgehead atoms. The van der Waals surface area contributed by atoms with Crippen LogP contribution in [0.15, 0.2) is 29.2 Å². The molecule has 1 aromatic carbocycles. The van der Waals surface area contributed by atoms with Gasteiger partial charge in [0.05, 0.1) is 4.91 Å². The fraction of sp³-hybridized carbons (Fsp3) is 0.438. The Kier molecular flexibility index (Phi) is 4.06. The van der Waals surface area contributed by atoms with Gasteiger partial charge in [0, 0.05) is 33.1 Å². The fourth-order valence-electron chi connectivity index (χ4n) is 3.02. The molecule has 0 N–H and O–H groups in total. The Balaban J connectivity index is 1.80. The summed E-state index contributed by atoms with van der Waals surface area (Å²) in [6.07, 6.45) is 3.10. The second kappa shape index (κ2) is 5.85. The molecule has 0 aromatic heterocycles. The molecule has 1 saturated heterocycles. The van der Waals surface area contributed by atoms with Gasteiger partial charge in [0.1, 0.15) is 0 Å². The highest BCUT2D eigenvalue weighted by Gasteiger charge is 2.31. The number of carbonyl (C=O) groups is 1. The number of benzene rings is 1. The lowest BCUT2D eigenvalue weighted by Crippen LogP contribution is -2.50. The summed E-state index contributed by atoms with van der Waals surface area (Å²) in [6, 6.07) is 7.90. The average Bonchev–Trinajstić information content (AvgIpc) is 2.54. The summed E-state index contributed by atoms with van der Waals surface area (Å²) in [5.41, 5.74) is 2.19. The lowest BCUT2D eigenvalue weighted by molar-refractivity contribution is -0.129. The summed E-state index contributed by atoms with van der Waals surface area (Å²) in [7, 11) is -3.42. The number of sulfonamides is 1. The molecule has 1 amide bonds. The molecule has 0 saturated carbocycles. The molecule has 1 heterocycles. The van der Waals surface area contributed by atoms with Gasteiger partial charge in [-0.2, -0.15) is 4.31 Å². The van der Waals surface area contributed by atoms with Gasteiger partial charge in [0.2, 0.25) is 15.9 Å². The highest BCUT2D eigenvalue weighted by Crippen LogP contribution is 2.29. The van der Waals surface area contributed by atoms with E-state index in [1.807, 2.05) is 24.3 Å². The number of hydrogen-bond acceptors (Lipinski definition) is 3. The van der Waals surface area contributed by atoms with E-state index in [-0.39, 0.29) is 5.91 Å². The van der Waals surface area contributed by atoms with Crippen LogP contribution in [0, 0.1) is 0 Å². The Hall–Kier alpha value is -1.66. The van der Waals surface area contributed by atoms with Crippen molar-refractivity contribution in [3.63, 3.8) is 0 Å². The quantitative estimate of drug-likeness (QED) is 0.829. The smallest absolute Gasteiger partial charge is 0.239 e. The summed E-state index contributed by atoms with van der Waals surface area (Å²) in [4.78, 5) is 13.5. The fourth-order valence-corrected chi connectivity index (χ4v) is 4.63. The molecule has 22 heavy (non-hydrogen) atoms. The van der Waals surface area contributed by atoms with Crippen molar-refractivity contribution in [2.24, 2.45) is 0 Å². The van der Waals surface area contributed by atoms with Crippen LogP contribution in [0.2, 0.25) is 0 Å². The van der Waals surface area contributed by atoms with Crippen LogP contribution in [0.3, 0.4) is 0 Å². The maximum absolute atomic E-state index is 12.8. The van der Waals surface area contributed by atoms with Gasteiger partial charge < -0.3 is 4.90 Å². The summed E-state index contributed by atoms with van der Waals surface area (Å²) >= 11 is 0.